The van der Waals surface area contributed by atoms with E-state index in [1.807, 2.05) is 37.3 Å². The van der Waals surface area contributed by atoms with Crippen LogP contribution in [0.25, 0.3) is 0 Å². The number of piperazine rings is 1. The van der Waals surface area contributed by atoms with Crippen molar-refractivity contribution in [1.82, 2.24) is 5.32 Å². The minimum absolute atomic E-state index is 0.0502. The van der Waals surface area contributed by atoms with Crippen molar-refractivity contribution in [1.29, 1.82) is 0 Å². The summed E-state index contributed by atoms with van der Waals surface area (Å²) in [6.45, 7) is 3.76. The van der Waals surface area contributed by atoms with Gasteiger partial charge in [-0.3, -0.25) is 9.59 Å². The summed E-state index contributed by atoms with van der Waals surface area (Å²) in [7, 11) is 0. The van der Waals surface area contributed by atoms with Crippen molar-refractivity contribution in [3.63, 3.8) is 0 Å². The monoisotopic (exact) mass is 232 g/mol. The van der Waals surface area contributed by atoms with Crippen LogP contribution in [0.5, 0.6) is 0 Å². The van der Waals surface area contributed by atoms with Gasteiger partial charge in [-0.15, -0.1) is 0 Å². The fourth-order valence-corrected chi connectivity index (χ4v) is 1.97. The lowest BCUT2D eigenvalue weighted by atomic mass is 9.94. The first-order chi connectivity index (χ1) is 8.07. The number of hydrogen-bond acceptors (Lipinski definition) is 2. The standard InChI is InChI=1S/C13H16N2O2/c1-3-13(2)12(17)15(9-11(16)14-13)10-7-5-4-6-8-10/h4-8H,3,9H2,1-2H3,(H,14,16). The van der Waals surface area contributed by atoms with Gasteiger partial charge in [0.1, 0.15) is 12.1 Å². The molecule has 90 valence electrons. The van der Waals surface area contributed by atoms with Crippen molar-refractivity contribution in [3.8, 4) is 0 Å². The number of nitrogens with one attached hydrogen (secondary N) is 1. The van der Waals surface area contributed by atoms with Gasteiger partial charge in [0.25, 0.3) is 5.91 Å². The van der Waals surface area contributed by atoms with Crippen molar-refractivity contribution in [2.45, 2.75) is 25.8 Å². The Bertz CT molecular complexity index is 444. The van der Waals surface area contributed by atoms with E-state index < -0.39 is 5.54 Å². The van der Waals surface area contributed by atoms with Gasteiger partial charge in [-0.25, -0.2) is 0 Å². The van der Waals surface area contributed by atoms with Crippen molar-refractivity contribution >= 4 is 17.5 Å². The molecule has 4 nitrogen and oxygen atoms in total. The third-order valence-electron chi connectivity index (χ3n) is 3.21. The molecule has 1 unspecified atom stereocenters. The van der Waals surface area contributed by atoms with Gasteiger partial charge in [0.05, 0.1) is 0 Å². The van der Waals surface area contributed by atoms with Crippen molar-refractivity contribution in [2.75, 3.05) is 11.4 Å². The van der Waals surface area contributed by atoms with Gasteiger partial charge in [0.15, 0.2) is 0 Å². The van der Waals surface area contributed by atoms with Crippen LogP contribution in [0, 0.1) is 0 Å². The van der Waals surface area contributed by atoms with E-state index in [9.17, 15) is 9.59 Å². The Labute approximate surface area is 101 Å². The Balaban J connectivity index is 2.35. The van der Waals surface area contributed by atoms with Crippen LogP contribution >= 0.6 is 0 Å². The number of amides is 2. The highest BCUT2D eigenvalue weighted by Gasteiger charge is 2.41. The molecule has 0 aliphatic carbocycles. The Hall–Kier alpha value is -1.84. The molecule has 1 aliphatic heterocycles. The molecule has 1 heterocycles. The van der Waals surface area contributed by atoms with Gasteiger partial charge in [0.2, 0.25) is 5.91 Å². The number of carbonyl (C=O) groups is 2. The molecule has 1 aromatic rings. The predicted octanol–water partition coefficient (Wildman–Crippen LogP) is 1.32. The predicted molar refractivity (Wildman–Crippen MR) is 65.6 cm³/mol. The largest absolute Gasteiger partial charge is 0.340 e. The Morgan fingerprint density at radius 3 is 2.53 bits per heavy atom. The van der Waals surface area contributed by atoms with Crippen molar-refractivity contribution < 1.29 is 9.59 Å². The molecule has 1 N–H and O–H groups in total. The molecule has 1 saturated heterocycles. The van der Waals surface area contributed by atoms with Crippen molar-refractivity contribution in [2.24, 2.45) is 0 Å². The zero-order chi connectivity index (χ0) is 12.5. The fraction of sp³-hybridized carbons (Fsp3) is 0.385. The van der Waals surface area contributed by atoms with E-state index in [-0.39, 0.29) is 18.4 Å². The summed E-state index contributed by atoms with van der Waals surface area (Å²) in [4.78, 5) is 25.5. The summed E-state index contributed by atoms with van der Waals surface area (Å²) < 4.78 is 0. The molecule has 17 heavy (non-hydrogen) atoms. The van der Waals surface area contributed by atoms with E-state index >= 15 is 0 Å². The number of carbonyl (C=O) groups excluding carboxylic acids is 2. The molecule has 0 radical (unpaired) electrons. The van der Waals surface area contributed by atoms with E-state index in [1.165, 1.54) is 0 Å². The smallest absolute Gasteiger partial charge is 0.252 e. The quantitative estimate of drug-likeness (QED) is 0.836. The lowest BCUT2D eigenvalue weighted by Crippen LogP contribution is -2.65. The molecular formula is C13H16N2O2. The molecule has 0 bridgehead atoms. The van der Waals surface area contributed by atoms with Gasteiger partial charge in [-0.2, -0.15) is 0 Å². The van der Waals surface area contributed by atoms with E-state index in [4.69, 9.17) is 0 Å². The molecule has 0 saturated carbocycles. The summed E-state index contributed by atoms with van der Waals surface area (Å²) in [6.07, 6.45) is 0.584. The first-order valence-electron chi connectivity index (χ1n) is 5.75. The van der Waals surface area contributed by atoms with E-state index in [2.05, 4.69) is 5.32 Å². The maximum absolute atomic E-state index is 12.3. The highest BCUT2D eigenvalue weighted by atomic mass is 16.2. The lowest BCUT2D eigenvalue weighted by Gasteiger charge is -2.39. The van der Waals surface area contributed by atoms with Crippen LogP contribution in [0.3, 0.4) is 0 Å². The Morgan fingerprint density at radius 1 is 1.29 bits per heavy atom. The highest BCUT2D eigenvalue weighted by Crippen LogP contribution is 2.23. The molecule has 4 heteroatoms. The number of benzene rings is 1. The molecule has 1 atom stereocenters. The third-order valence-corrected chi connectivity index (χ3v) is 3.21. The minimum atomic E-state index is -0.787. The van der Waals surface area contributed by atoms with Crippen LogP contribution in [0.1, 0.15) is 20.3 Å². The van der Waals surface area contributed by atoms with Gasteiger partial charge in [0, 0.05) is 5.69 Å². The first-order valence-corrected chi connectivity index (χ1v) is 5.75. The van der Waals surface area contributed by atoms with Gasteiger partial charge in [-0.1, -0.05) is 25.1 Å². The SMILES string of the molecule is CCC1(C)NC(=O)CN(c2ccccc2)C1=O. The van der Waals surface area contributed by atoms with Crippen LogP contribution < -0.4 is 10.2 Å². The molecule has 1 aliphatic rings. The van der Waals surface area contributed by atoms with Crippen molar-refractivity contribution in [3.05, 3.63) is 30.3 Å². The topological polar surface area (TPSA) is 49.4 Å². The molecule has 0 spiro atoms. The van der Waals surface area contributed by atoms with Crippen LogP contribution in [0.4, 0.5) is 5.69 Å². The van der Waals surface area contributed by atoms with E-state index in [0.717, 1.165) is 5.69 Å². The van der Waals surface area contributed by atoms with Crippen LogP contribution in [-0.4, -0.2) is 23.9 Å². The van der Waals surface area contributed by atoms with Crippen LogP contribution in [-0.2, 0) is 9.59 Å². The van der Waals surface area contributed by atoms with Gasteiger partial charge >= 0.3 is 0 Å². The summed E-state index contributed by atoms with van der Waals surface area (Å²) in [5, 5.41) is 2.76. The second-order valence-electron chi connectivity index (χ2n) is 4.46. The minimum Gasteiger partial charge on any atom is -0.340 e. The lowest BCUT2D eigenvalue weighted by molar-refractivity contribution is -0.135. The van der Waals surface area contributed by atoms with Gasteiger partial charge in [-0.05, 0) is 25.5 Å². The Morgan fingerprint density at radius 2 is 1.94 bits per heavy atom. The number of para-hydroxylation sites is 1. The number of nitrogens with zero attached hydrogens (tertiary/aromatic N) is 1. The summed E-state index contributed by atoms with van der Waals surface area (Å²) >= 11 is 0. The zero-order valence-corrected chi connectivity index (χ0v) is 10.1. The maximum Gasteiger partial charge on any atom is 0.252 e. The maximum atomic E-state index is 12.3. The molecule has 0 aromatic heterocycles. The molecular weight excluding hydrogens is 216 g/mol. The molecule has 2 amide bonds. The molecule has 2 rings (SSSR count). The van der Waals surface area contributed by atoms with E-state index in [0.29, 0.717) is 6.42 Å². The normalized spacial score (nSPS) is 24.7. The van der Waals surface area contributed by atoms with Gasteiger partial charge < -0.3 is 10.2 Å². The Kier molecular flexibility index (Phi) is 2.88. The fourth-order valence-electron chi connectivity index (χ4n) is 1.97. The molecule has 1 aromatic carbocycles. The van der Waals surface area contributed by atoms with Crippen LogP contribution in [0.15, 0.2) is 30.3 Å². The average Bonchev–Trinajstić information content (AvgIpc) is 2.35. The summed E-state index contributed by atoms with van der Waals surface area (Å²) in [5.74, 6) is -0.163. The second-order valence-corrected chi connectivity index (χ2v) is 4.46. The first kappa shape index (κ1) is 11.6. The van der Waals surface area contributed by atoms with Crippen LogP contribution in [0.2, 0.25) is 0 Å². The number of hydrogen-bond donors (Lipinski definition) is 1. The second kappa shape index (κ2) is 4.20. The average molecular weight is 232 g/mol. The number of anilines is 1. The zero-order valence-electron chi connectivity index (χ0n) is 10.1. The summed E-state index contributed by atoms with van der Waals surface area (Å²) in [5.41, 5.74) is -0.0161. The summed E-state index contributed by atoms with van der Waals surface area (Å²) in [6, 6.07) is 9.28. The highest BCUT2D eigenvalue weighted by molar-refractivity contribution is 6.08. The van der Waals surface area contributed by atoms with E-state index in [1.54, 1.807) is 11.8 Å². The number of rotatable bonds is 2. The third kappa shape index (κ3) is 2.02. The molecule has 1 fully saturated rings.